The number of amides is 12. The second-order valence-electron chi connectivity index (χ2n) is 28.5. The summed E-state index contributed by atoms with van der Waals surface area (Å²) in [5.41, 5.74) is 11.7. The number of pyridine rings is 2. The number of carboxylic acids is 1. The maximum absolute atomic E-state index is 13.2. The van der Waals surface area contributed by atoms with Crippen LogP contribution in [-0.4, -0.2) is 167 Å². The second kappa shape index (κ2) is 42.8. The van der Waals surface area contributed by atoms with Gasteiger partial charge < -0.3 is 52.2 Å². The highest BCUT2D eigenvalue weighted by molar-refractivity contribution is 6.26. The highest BCUT2D eigenvalue weighted by atomic mass is 16.5. The Kier molecular flexibility index (Phi) is 31.6. The zero-order valence-electron chi connectivity index (χ0n) is 65.4. The summed E-state index contributed by atoms with van der Waals surface area (Å²) in [5.74, 6) is -7.12. The molecule has 12 amide bonds. The van der Waals surface area contributed by atoms with Crippen LogP contribution >= 0.6 is 0 Å². The third-order valence-corrected chi connectivity index (χ3v) is 20.2. The molecule has 2 aromatic heterocycles. The van der Waals surface area contributed by atoms with Crippen LogP contribution < -0.4 is 57.7 Å². The number of aliphatic carboxylic acids is 1. The minimum absolute atomic E-state index is 0.0200. The number of hydrogen-bond donors (Lipinski definition) is 10. The van der Waals surface area contributed by atoms with Crippen LogP contribution in [0.5, 0.6) is 11.5 Å². The predicted octanol–water partition coefficient (Wildman–Crippen LogP) is 10.7. The number of benzene rings is 6. The number of anilines is 4. The number of carbonyl (C=O) groups excluding carboxylic acids is 13. The van der Waals surface area contributed by atoms with Gasteiger partial charge in [0.2, 0.25) is 23.6 Å². The van der Waals surface area contributed by atoms with E-state index in [1.807, 2.05) is 66.7 Å². The van der Waals surface area contributed by atoms with Gasteiger partial charge in [-0.15, -0.1) is 0 Å². The van der Waals surface area contributed by atoms with Gasteiger partial charge in [-0.05, 0) is 130 Å². The van der Waals surface area contributed by atoms with Gasteiger partial charge in [0, 0.05) is 92.1 Å². The van der Waals surface area contributed by atoms with Gasteiger partial charge in [0.1, 0.15) is 30.2 Å². The van der Waals surface area contributed by atoms with Gasteiger partial charge >= 0.3 is 5.97 Å². The first-order valence-corrected chi connectivity index (χ1v) is 39.6. The first kappa shape index (κ1) is 86.3. The zero-order valence-corrected chi connectivity index (χ0v) is 65.4. The third-order valence-electron chi connectivity index (χ3n) is 20.2. The van der Waals surface area contributed by atoms with Crippen molar-refractivity contribution in [3.8, 4) is 11.5 Å². The number of imide groups is 4. The van der Waals surface area contributed by atoms with Crippen molar-refractivity contribution >= 4 is 127 Å². The molecule has 8 aromatic rings. The summed E-state index contributed by atoms with van der Waals surface area (Å²) < 4.78 is 10.8. The Morgan fingerprint density at radius 2 is 0.855 bits per heavy atom. The molecule has 2 fully saturated rings. The number of para-hydroxylation sites is 2. The Hall–Kier alpha value is -13.1. The van der Waals surface area contributed by atoms with Crippen molar-refractivity contribution in [1.82, 2.24) is 51.7 Å². The molecule has 612 valence electrons. The first-order valence-electron chi connectivity index (χ1n) is 39.6. The number of fused-ring (bicyclic) bond motifs is 4. The number of carboxylic acid groups (broad SMARTS) is 1. The van der Waals surface area contributed by atoms with Gasteiger partial charge in [-0.2, -0.15) is 0 Å². The van der Waals surface area contributed by atoms with E-state index >= 15 is 0 Å². The number of carbonyl (C=O) groups is 14. The zero-order chi connectivity index (χ0) is 83.3. The van der Waals surface area contributed by atoms with Crippen LogP contribution in [0.2, 0.25) is 0 Å². The molecule has 4 aliphatic heterocycles. The summed E-state index contributed by atoms with van der Waals surface area (Å²) >= 11 is 0. The van der Waals surface area contributed by atoms with Crippen molar-refractivity contribution in [3.63, 3.8) is 0 Å². The third kappa shape index (κ3) is 22.9. The number of ether oxygens (including phenoxy) is 2. The van der Waals surface area contributed by atoms with E-state index in [1.165, 1.54) is 68.6 Å². The summed E-state index contributed by atoms with van der Waals surface area (Å²) in [6.07, 6.45) is 21.8. The average Bonchev–Trinajstić information content (AvgIpc) is 1.63. The fourth-order valence-electron chi connectivity index (χ4n) is 14.1. The maximum Gasteiger partial charge on any atom is 0.341 e. The van der Waals surface area contributed by atoms with Crippen molar-refractivity contribution in [2.75, 3.05) is 57.6 Å². The normalized spacial score (nSPS) is 14.7. The molecule has 2 saturated heterocycles. The molecule has 11 N–H and O–H groups in total. The molecule has 2 atom stereocenters. The fraction of sp³-hybridized carbons (Fsp3) is 0.356. The molecule has 6 heterocycles. The molecule has 117 heavy (non-hydrogen) atoms. The summed E-state index contributed by atoms with van der Waals surface area (Å²) in [6.45, 7) is 1.09. The highest BCUT2D eigenvalue weighted by Gasteiger charge is 2.48. The highest BCUT2D eigenvalue weighted by Crippen LogP contribution is 2.37. The number of unbranched alkanes of at least 4 members (excludes halogenated alkanes) is 15. The topological polar surface area (TPSA) is 432 Å². The number of nitrogens with one attached hydrogen (secondary N) is 8. The number of nitrogens with two attached hydrogens (primary N) is 1. The predicted molar refractivity (Wildman–Crippen MR) is 436 cm³/mol. The van der Waals surface area contributed by atoms with E-state index in [-0.39, 0.29) is 95.5 Å². The van der Waals surface area contributed by atoms with Crippen LogP contribution in [0, 0.1) is 0 Å². The fourth-order valence-corrected chi connectivity index (χ4v) is 14.1. The molecule has 30 nitrogen and oxygen atoms in total. The monoisotopic (exact) mass is 1600 g/mol. The van der Waals surface area contributed by atoms with Gasteiger partial charge in [0.15, 0.2) is 12.4 Å². The minimum Gasteiger partial charge on any atom is -0.485 e. The number of Topliss-reactive ketones (excluding diaryl/α,β-unsaturated/α-hetero) is 1. The van der Waals surface area contributed by atoms with Gasteiger partial charge in [0.25, 0.3) is 47.3 Å². The van der Waals surface area contributed by atoms with E-state index in [2.05, 4.69) is 52.5 Å². The Morgan fingerprint density at radius 3 is 1.25 bits per heavy atom. The lowest BCUT2D eigenvalue weighted by molar-refractivity contribution is -0.139. The minimum atomic E-state index is -1.23. The van der Waals surface area contributed by atoms with Crippen molar-refractivity contribution in [3.05, 3.63) is 190 Å². The molecule has 4 aliphatic rings. The number of nitrogens with zero attached hydrogens (tertiary/aromatic N) is 4. The van der Waals surface area contributed by atoms with Crippen LogP contribution in [0.25, 0.3) is 21.8 Å². The van der Waals surface area contributed by atoms with Crippen molar-refractivity contribution in [2.24, 2.45) is 5.73 Å². The van der Waals surface area contributed by atoms with Crippen molar-refractivity contribution in [2.45, 2.75) is 153 Å². The number of piperidine rings is 2. The Bertz CT molecular complexity index is 5020. The number of rotatable bonds is 38. The van der Waals surface area contributed by atoms with Gasteiger partial charge in [0.05, 0.1) is 55.8 Å². The standard InChI is InChI=1S/C44H48N6O8.C28H37N5O2.C15H12N2O7/c1-45-41(54)33-26-47-34-21-20-28(25-32(34)39(33)48-29-15-10-9-11-16-29)40(53)46-24-13-8-6-4-2-3-5-7-12-17-30(51)27-58-36-19-14-18-31-38(36)44(57)50(43(31)56)35-22-23-37(52)49-42(35)55;1-30-28(35)24-20-32-25-16-15-21(19-23(25)26(24)33-22-13-9-8-10-14-22)27(34)31-18-12-7-5-3-2-4-6-11-17-29;18-10-5-4-8(13(21)16-10)17-14(22)7-2-1-3-9(12(7)15(17)23)24-6-11(19)20/h9-11,14-16,18-21,25-26,35H,2-8,12-13,17,22-24,27H2,1H3,(H,45,54)(H,46,53)(H,47,48)(H,49,52,55);8-10,13-16,19-20H,2-7,11-12,17-18,29H2,1H3,(H,30,35)(H,31,34)(H,32,33);1-3,8H,4-6H2,(H,19,20)(H,16,18,21). The van der Waals surface area contributed by atoms with E-state index in [9.17, 15) is 67.1 Å². The van der Waals surface area contributed by atoms with Crippen LogP contribution in [-0.2, 0) is 28.8 Å². The van der Waals surface area contributed by atoms with Gasteiger partial charge in [-0.3, -0.25) is 92.7 Å². The van der Waals surface area contributed by atoms with E-state index < -0.39 is 71.9 Å². The molecular formula is C87H97N13O17. The number of ketones is 1. The molecular weight excluding hydrogens is 1500 g/mol. The molecule has 0 aliphatic carbocycles. The molecule has 30 heteroatoms. The Labute approximate surface area is 675 Å². The van der Waals surface area contributed by atoms with Crippen molar-refractivity contribution in [1.29, 1.82) is 0 Å². The second-order valence-corrected chi connectivity index (χ2v) is 28.5. The summed E-state index contributed by atoms with van der Waals surface area (Å²) in [6, 6.07) is 36.5. The van der Waals surface area contributed by atoms with E-state index in [4.69, 9.17) is 20.3 Å². The van der Waals surface area contributed by atoms with Crippen LogP contribution in [0.3, 0.4) is 0 Å². The summed E-state index contributed by atoms with van der Waals surface area (Å²) in [5, 5.41) is 32.4. The lowest BCUT2D eigenvalue weighted by Gasteiger charge is -2.27. The Morgan fingerprint density at radius 1 is 0.462 bits per heavy atom. The van der Waals surface area contributed by atoms with Crippen molar-refractivity contribution < 1.29 is 81.7 Å². The molecule has 2 unspecified atom stereocenters. The van der Waals surface area contributed by atoms with Gasteiger partial charge in [-0.1, -0.05) is 132 Å². The number of aromatic nitrogens is 2. The molecule has 0 radical (unpaired) electrons. The largest absolute Gasteiger partial charge is 0.485 e. The average molecular weight is 1600 g/mol. The molecule has 0 bridgehead atoms. The lowest BCUT2D eigenvalue weighted by atomic mass is 10.0. The Balaban J connectivity index is 0.000000206. The SMILES string of the molecule is CNC(=O)c1cnc2ccc(C(=O)NCCCCCCCCCCCC(=O)COc3cccc4c3C(=O)N(C3CCC(=O)NC3=O)C4=O)cc2c1Nc1ccccc1.CNC(=O)c1cnc2ccc(C(=O)NCCCCCCCCCCN)cc2c1Nc1ccccc1.O=C(O)COc1cccc2c1C(=O)N(C1CCC(=O)NC1=O)C2=O. The lowest BCUT2D eigenvalue weighted by Crippen LogP contribution is -2.54. The van der Waals surface area contributed by atoms with E-state index in [1.54, 1.807) is 56.7 Å². The van der Waals surface area contributed by atoms with Gasteiger partial charge in [-0.25, -0.2) is 4.79 Å². The maximum atomic E-state index is 13.2. The molecule has 0 saturated carbocycles. The van der Waals surface area contributed by atoms with E-state index in [0.717, 1.165) is 110 Å². The van der Waals surface area contributed by atoms with Crippen LogP contribution in [0.1, 0.15) is 224 Å². The quantitative estimate of drug-likeness (QED) is 0.0127. The molecule has 6 aromatic carbocycles. The molecule has 12 rings (SSSR count). The summed E-state index contributed by atoms with van der Waals surface area (Å²) in [7, 11) is 3.15. The van der Waals surface area contributed by atoms with Crippen LogP contribution in [0.15, 0.2) is 146 Å². The van der Waals surface area contributed by atoms with E-state index in [0.29, 0.717) is 69.6 Å². The number of hydrogen-bond acceptors (Lipinski definition) is 21. The molecule has 0 spiro atoms. The summed E-state index contributed by atoms with van der Waals surface area (Å²) in [4.78, 5) is 183. The van der Waals surface area contributed by atoms with Crippen LogP contribution in [0.4, 0.5) is 22.7 Å². The smallest absolute Gasteiger partial charge is 0.341 e. The first-order chi connectivity index (χ1) is 56.7.